The van der Waals surface area contributed by atoms with Crippen LogP contribution in [-0.2, 0) is 30.4 Å². The highest BCUT2D eigenvalue weighted by Crippen LogP contribution is 2.11. The molecule has 0 saturated heterocycles. The summed E-state index contributed by atoms with van der Waals surface area (Å²) in [6.45, 7) is 7.44. The maximum atomic E-state index is 13.1. The molecule has 0 fully saturated rings. The molecule has 1 aromatic rings. The van der Waals surface area contributed by atoms with E-state index < -0.39 is 53.8 Å². The van der Waals surface area contributed by atoms with Crippen LogP contribution in [0.1, 0.15) is 52.5 Å². The summed E-state index contributed by atoms with van der Waals surface area (Å²) in [4.78, 5) is 61.5. The minimum absolute atomic E-state index is 0.000537. The molecule has 0 aliphatic rings. The van der Waals surface area contributed by atoms with E-state index in [4.69, 9.17) is 11.5 Å². The normalized spacial score (nSPS) is 14.4. The SMILES string of the molecule is CC(C)CC(NC(=O)C(N)CC(N)=O)C(=O)NC(CC(C)C)C(=O)NC(Cc1ccccc1)C(=O)O. The van der Waals surface area contributed by atoms with Crippen molar-refractivity contribution < 1.29 is 29.1 Å². The van der Waals surface area contributed by atoms with Crippen LogP contribution in [0.15, 0.2) is 30.3 Å². The second-order valence-electron chi connectivity index (χ2n) is 9.75. The van der Waals surface area contributed by atoms with Crippen molar-refractivity contribution in [1.29, 1.82) is 0 Å². The first-order valence-corrected chi connectivity index (χ1v) is 12.0. The molecule has 0 heterocycles. The number of carbonyl (C=O) groups excluding carboxylic acids is 4. The van der Waals surface area contributed by atoms with Gasteiger partial charge in [0.1, 0.15) is 18.1 Å². The van der Waals surface area contributed by atoms with Crippen molar-refractivity contribution in [3.63, 3.8) is 0 Å². The van der Waals surface area contributed by atoms with Crippen molar-refractivity contribution in [2.24, 2.45) is 23.3 Å². The van der Waals surface area contributed by atoms with Gasteiger partial charge < -0.3 is 32.5 Å². The third-order valence-electron chi connectivity index (χ3n) is 5.34. The van der Waals surface area contributed by atoms with Crippen LogP contribution in [0.3, 0.4) is 0 Å². The number of rotatable bonds is 15. The van der Waals surface area contributed by atoms with E-state index in [0.29, 0.717) is 0 Å². The molecule has 0 bridgehead atoms. The van der Waals surface area contributed by atoms with Gasteiger partial charge in [-0.3, -0.25) is 19.2 Å². The van der Waals surface area contributed by atoms with Crippen molar-refractivity contribution >= 4 is 29.6 Å². The van der Waals surface area contributed by atoms with E-state index in [1.165, 1.54) is 0 Å². The number of nitrogens with one attached hydrogen (secondary N) is 3. The highest BCUT2D eigenvalue weighted by molar-refractivity contribution is 5.95. The van der Waals surface area contributed by atoms with Gasteiger partial charge in [-0.25, -0.2) is 4.79 Å². The van der Waals surface area contributed by atoms with Gasteiger partial charge in [0, 0.05) is 6.42 Å². The molecule has 4 amide bonds. The summed E-state index contributed by atoms with van der Waals surface area (Å²) in [7, 11) is 0. The Bertz CT molecular complexity index is 905. The summed E-state index contributed by atoms with van der Waals surface area (Å²) >= 11 is 0. The molecular formula is C25H39N5O6. The fourth-order valence-electron chi connectivity index (χ4n) is 3.59. The Labute approximate surface area is 211 Å². The summed E-state index contributed by atoms with van der Waals surface area (Å²) in [5, 5.41) is 17.3. The predicted molar refractivity (Wildman–Crippen MR) is 134 cm³/mol. The Balaban J connectivity index is 3.00. The topological polar surface area (TPSA) is 194 Å². The summed E-state index contributed by atoms with van der Waals surface area (Å²) in [5.74, 6) is -3.91. The molecule has 36 heavy (non-hydrogen) atoms. The molecule has 11 heteroatoms. The number of hydrogen-bond acceptors (Lipinski definition) is 6. The molecule has 4 unspecified atom stereocenters. The van der Waals surface area contributed by atoms with Crippen molar-refractivity contribution in [2.75, 3.05) is 0 Å². The molecule has 4 atom stereocenters. The van der Waals surface area contributed by atoms with E-state index in [9.17, 15) is 29.1 Å². The number of carboxylic acids is 1. The molecule has 0 saturated carbocycles. The molecule has 0 aliphatic carbocycles. The van der Waals surface area contributed by atoms with E-state index in [-0.39, 0.29) is 37.5 Å². The van der Waals surface area contributed by atoms with E-state index in [0.717, 1.165) is 5.56 Å². The number of hydrogen-bond donors (Lipinski definition) is 6. The van der Waals surface area contributed by atoms with Crippen molar-refractivity contribution in [1.82, 2.24) is 16.0 Å². The number of carboxylic acid groups (broad SMARTS) is 1. The largest absolute Gasteiger partial charge is 0.480 e. The van der Waals surface area contributed by atoms with Crippen LogP contribution in [0, 0.1) is 11.8 Å². The van der Waals surface area contributed by atoms with Gasteiger partial charge in [0.05, 0.1) is 12.5 Å². The Morgan fingerprint density at radius 3 is 1.64 bits per heavy atom. The van der Waals surface area contributed by atoms with Crippen LogP contribution < -0.4 is 27.4 Å². The van der Waals surface area contributed by atoms with Gasteiger partial charge in [0.25, 0.3) is 0 Å². The summed E-state index contributed by atoms with van der Waals surface area (Å²) < 4.78 is 0. The molecule has 0 aromatic heterocycles. The average Bonchev–Trinajstić information content (AvgIpc) is 2.77. The molecule has 0 radical (unpaired) electrons. The minimum Gasteiger partial charge on any atom is -0.480 e. The fourth-order valence-corrected chi connectivity index (χ4v) is 3.59. The Hall–Kier alpha value is -3.47. The number of amides is 4. The summed E-state index contributed by atoms with van der Waals surface area (Å²) in [5.41, 5.74) is 11.5. The second-order valence-corrected chi connectivity index (χ2v) is 9.75. The molecule has 11 nitrogen and oxygen atoms in total. The van der Waals surface area contributed by atoms with E-state index in [2.05, 4.69) is 16.0 Å². The van der Waals surface area contributed by atoms with Crippen LogP contribution >= 0.6 is 0 Å². The zero-order valence-corrected chi connectivity index (χ0v) is 21.3. The van der Waals surface area contributed by atoms with Crippen LogP contribution in [0.5, 0.6) is 0 Å². The highest BCUT2D eigenvalue weighted by atomic mass is 16.4. The highest BCUT2D eigenvalue weighted by Gasteiger charge is 2.31. The lowest BCUT2D eigenvalue weighted by Gasteiger charge is -2.26. The minimum atomic E-state index is -1.21. The quantitative estimate of drug-likeness (QED) is 0.194. The fraction of sp³-hybridized carbons (Fsp3) is 0.560. The molecule has 0 aliphatic heterocycles. The number of aliphatic carboxylic acids is 1. The second kappa shape index (κ2) is 14.8. The number of benzene rings is 1. The maximum Gasteiger partial charge on any atom is 0.326 e. The van der Waals surface area contributed by atoms with Gasteiger partial charge in [-0.2, -0.15) is 0 Å². The number of carbonyl (C=O) groups is 5. The van der Waals surface area contributed by atoms with Crippen molar-refractivity contribution in [3.8, 4) is 0 Å². The van der Waals surface area contributed by atoms with E-state index >= 15 is 0 Å². The maximum absolute atomic E-state index is 13.1. The first-order valence-electron chi connectivity index (χ1n) is 12.0. The number of primary amides is 1. The standard InChI is InChI=1S/C25H39N5O6/c1-14(2)10-18(28-22(32)17(26)13-21(27)31)23(33)29-19(11-15(3)4)24(34)30-20(25(35)36)12-16-8-6-5-7-9-16/h5-9,14-15,17-20H,10-13,26H2,1-4H3,(H2,27,31)(H,28,32)(H,29,33)(H,30,34)(H,35,36). The molecule has 8 N–H and O–H groups in total. The monoisotopic (exact) mass is 505 g/mol. The lowest BCUT2D eigenvalue weighted by molar-refractivity contribution is -0.142. The number of nitrogens with two attached hydrogens (primary N) is 2. The van der Waals surface area contributed by atoms with Crippen LogP contribution in [0.2, 0.25) is 0 Å². The Morgan fingerprint density at radius 1 is 0.778 bits per heavy atom. The van der Waals surface area contributed by atoms with Crippen LogP contribution in [-0.4, -0.2) is 58.9 Å². The van der Waals surface area contributed by atoms with E-state index in [1.54, 1.807) is 30.3 Å². The van der Waals surface area contributed by atoms with Crippen LogP contribution in [0.4, 0.5) is 0 Å². The third kappa shape index (κ3) is 11.3. The molecular weight excluding hydrogens is 466 g/mol. The molecule has 200 valence electrons. The van der Waals surface area contributed by atoms with Crippen LogP contribution in [0.25, 0.3) is 0 Å². The van der Waals surface area contributed by atoms with Gasteiger partial charge >= 0.3 is 5.97 Å². The molecule has 0 spiro atoms. The van der Waals surface area contributed by atoms with E-state index in [1.807, 2.05) is 27.7 Å². The van der Waals surface area contributed by atoms with Crippen molar-refractivity contribution in [2.45, 2.75) is 77.5 Å². The summed E-state index contributed by atoms with van der Waals surface area (Å²) in [6.07, 6.45) is 0.202. The van der Waals surface area contributed by atoms with Gasteiger partial charge in [-0.1, -0.05) is 58.0 Å². The van der Waals surface area contributed by atoms with Crippen molar-refractivity contribution in [3.05, 3.63) is 35.9 Å². The first kappa shape index (κ1) is 30.6. The zero-order valence-electron chi connectivity index (χ0n) is 21.3. The zero-order chi connectivity index (χ0) is 27.4. The lowest BCUT2D eigenvalue weighted by Crippen LogP contribution is -2.58. The van der Waals surface area contributed by atoms with Gasteiger partial charge in [0.2, 0.25) is 23.6 Å². The lowest BCUT2D eigenvalue weighted by atomic mass is 9.99. The Morgan fingerprint density at radius 2 is 1.22 bits per heavy atom. The molecule has 1 aromatic carbocycles. The third-order valence-corrected chi connectivity index (χ3v) is 5.34. The van der Waals surface area contributed by atoms with Gasteiger partial charge in [-0.05, 0) is 30.2 Å². The van der Waals surface area contributed by atoms with Gasteiger partial charge in [0.15, 0.2) is 0 Å². The summed E-state index contributed by atoms with van der Waals surface area (Å²) in [6, 6.07) is 4.43. The average molecular weight is 506 g/mol. The first-order chi connectivity index (χ1) is 16.8. The smallest absolute Gasteiger partial charge is 0.326 e. The molecule has 1 rings (SSSR count). The Kier molecular flexibility index (Phi) is 12.6. The predicted octanol–water partition coefficient (Wildman–Crippen LogP) is 0.0630. The van der Waals surface area contributed by atoms with Gasteiger partial charge in [-0.15, -0.1) is 0 Å².